The molecule has 9 heteroatoms. The number of hydrogen-bond acceptors (Lipinski definition) is 8. The standard InChI is InChI=1S/C23H30ClN5OS2/c1-16-13-23(15-30-16)6-11-29(12-7-23)21-22(31-2)27-18(14-26-21)32-17-5-8-25-20(19(17)24)28-9-3-4-10-28/h5,8,14,16H,3-4,6-7,9-13,15H2,1-2H3/t16-/m0/s1. The zero-order valence-electron chi connectivity index (χ0n) is 18.7. The molecule has 0 N–H and O–H groups in total. The minimum atomic E-state index is 0.365. The van der Waals surface area contributed by atoms with Crippen molar-refractivity contribution in [1.82, 2.24) is 15.0 Å². The molecule has 0 aromatic carbocycles. The van der Waals surface area contributed by atoms with Crippen LogP contribution in [0.1, 0.15) is 39.0 Å². The van der Waals surface area contributed by atoms with Gasteiger partial charge in [-0.3, -0.25) is 0 Å². The molecular weight excluding hydrogens is 462 g/mol. The van der Waals surface area contributed by atoms with E-state index in [-0.39, 0.29) is 0 Å². The molecule has 1 spiro atoms. The van der Waals surface area contributed by atoms with Gasteiger partial charge in [0.2, 0.25) is 0 Å². The first-order valence-electron chi connectivity index (χ1n) is 11.4. The first-order valence-corrected chi connectivity index (χ1v) is 13.8. The van der Waals surface area contributed by atoms with Crippen LogP contribution >= 0.6 is 35.1 Å². The largest absolute Gasteiger partial charge is 0.378 e. The highest BCUT2D eigenvalue weighted by atomic mass is 35.5. The van der Waals surface area contributed by atoms with Gasteiger partial charge in [0.1, 0.15) is 15.9 Å². The summed E-state index contributed by atoms with van der Waals surface area (Å²) in [5.41, 5.74) is 0.365. The number of aromatic nitrogens is 3. The van der Waals surface area contributed by atoms with Gasteiger partial charge in [0.05, 0.1) is 23.9 Å². The predicted molar refractivity (Wildman–Crippen MR) is 133 cm³/mol. The third-order valence-electron chi connectivity index (χ3n) is 6.87. The Morgan fingerprint density at radius 2 is 1.84 bits per heavy atom. The van der Waals surface area contributed by atoms with Gasteiger partial charge in [0.15, 0.2) is 5.82 Å². The van der Waals surface area contributed by atoms with E-state index in [0.29, 0.717) is 16.5 Å². The fourth-order valence-corrected chi connectivity index (χ4v) is 6.83. The second-order valence-corrected chi connectivity index (χ2v) is 11.3. The summed E-state index contributed by atoms with van der Waals surface area (Å²) in [6.45, 7) is 7.17. The molecule has 0 saturated carbocycles. The minimum absolute atomic E-state index is 0.365. The van der Waals surface area contributed by atoms with Crippen molar-refractivity contribution < 1.29 is 4.74 Å². The van der Waals surface area contributed by atoms with Crippen LogP contribution in [-0.4, -0.2) is 60.1 Å². The minimum Gasteiger partial charge on any atom is -0.378 e. The third kappa shape index (κ3) is 4.56. The van der Waals surface area contributed by atoms with Crippen LogP contribution in [0.3, 0.4) is 0 Å². The first kappa shape index (κ1) is 22.6. The van der Waals surface area contributed by atoms with E-state index < -0.39 is 0 Å². The first-order chi connectivity index (χ1) is 15.6. The molecule has 2 aromatic heterocycles. The summed E-state index contributed by atoms with van der Waals surface area (Å²) in [7, 11) is 0. The highest BCUT2D eigenvalue weighted by molar-refractivity contribution is 7.99. The van der Waals surface area contributed by atoms with Gasteiger partial charge in [0, 0.05) is 37.3 Å². The molecule has 3 saturated heterocycles. The molecule has 5 rings (SSSR count). The van der Waals surface area contributed by atoms with E-state index in [4.69, 9.17) is 26.3 Å². The Balaban J connectivity index is 1.31. The van der Waals surface area contributed by atoms with E-state index in [1.165, 1.54) is 19.3 Å². The number of halogens is 1. The van der Waals surface area contributed by atoms with Crippen molar-refractivity contribution in [3.8, 4) is 0 Å². The van der Waals surface area contributed by atoms with Gasteiger partial charge in [0.25, 0.3) is 0 Å². The van der Waals surface area contributed by atoms with Crippen molar-refractivity contribution in [3.05, 3.63) is 23.5 Å². The summed E-state index contributed by atoms with van der Waals surface area (Å²) < 4.78 is 5.88. The van der Waals surface area contributed by atoms with Crippen LogP contribution in [0.25, 0.3) is 0 Å². The van der Waals surface area contributed by atoms with Crippen LogP contribution in [0.5, 0.6) is 0 Å². The van der Waals surface area contributed by atoms with Gasteiger partial charge in [-0.2, -0.15) is 0 Å². The Kier molecular flexibility index (Phi) is 6.75. The summed E-state index contributed by atoms with van der Waals surface area (Å²) in [4.78, 5) is 20.0. The van der Waals surface area contributed by atoms with Gasteiger partial charge < -0.3 is 14.5 Å². The fourth-order valence-electron chi connectivity index (χ4n) is 5.10. The van der Waals surface area contributed by atoms with E-state index in [2.05, 4.69) is 28.0 Å². The molecule has 2 aromatic rings. The van der Waals surface area contributed by atoms with Crippen molar-refractivity contribution in [1.29, 1.82) is 0 Å². The SMILES string of the molecule is CSc1nc(Sc2ccnc(N3CCCC3)c2Cl)cnc1N1CCC2(CC1)CO[C@@H](C)C2. The Hall–Kier alpha value is -1.22. The van der Waals surface area contributed by atoms with Gasteiger partial charge in [-0.05, 0) is 56.8 Å². The van der Waals surface area contributed by atoms with Crippen LogP contribution in [0.2, 0.25) is 5.02 Å². The second kappa shape index (κ2) is 9.57. The monoisotopic (exact) mass is 491 g/mol. The number of piperidine rings is 1. The number of rotatable bonds is 5. The summed E-state index contributed by atoms with van der Waals surface area (Å²) in [5, 5.41) is 2.56. The number of thioether (sulfide) groups is 1. The summed E-state index contributed by atoms with van der Waals surface area (Å²) in [6.07, 6.45) is 12.1. The van der Waals surface area contributed by atoms with E-state index in [1.807, 2.05) is 18.5 Å². The number of nitrogens with zero attached hydrogens (tertiary/aromatic N) is 5. The van der Waals surface area contributed by atoms with Crippen LogP contribution in [0, 0.1) is 5.41 Å². The quantitative estimate of drug-likeness (QED) is 0.516. The summed E-state index contributed by atoms with van der Waals surface area (Å²) >= 11 is 9.96. The molecular formula is C23H30ClN5OS2. The van der Waals surface area contributed by atoms with Crippen LogP contribution < -0.4 is 9.80 Å². The fraction of sp³-hybridized carbons (Fsp3) is 0.609. The lowest BCUT2D eigenvalue weighted by Gasteiger charge is -2.39. The molecule has 1 atom stereocenters. The van der Waals surface area contributed by atoms with Crippen LogP contribution in [0.4, 0.5) is 11.6 Å². The molecule has 5 heterocycles. The molecule has 0 amide bonds. The lowest BCUT2D eigenvalue weighted by atomic mass is 9.77. The normalized spacial score (nSPS) is 22.8. The molecule has 0 radical (unpaired) electrons. The average molecular weight is 492 g/mol. The lowest BCUT2D eigenvalue weighted by molar-refractivity contribution is 0.0975. The second-order valence-electron chi connectivity index (χ2n) is 9.10. The Morgan fingerprint density at radius 1 is 1.09 bits per heavy atom. The van der Waals surface area contributed by atoms with Gasteiger partial charge >= 0.3 is 0 Å². The Morgan fingerprint density at radius 3 is 2.53 bits per heavy atom. The molecule has 3 fully saturated rings. The summed E-state index contributed by atoms with van der Waals surface area (Å²) in [6, 6.07) is 1.97. The van der Waals surface area contributed by atoms with E-state index in [0.717, 1.165) is 72.2 Å². The zero-order valence-corrected chi connectivity index (χ0v) is 21.1. The van der Waals surface area contributed by atoms with E-state index >= 15 is 0 Å². The van der Waals surface area contributed by atoms with Gasteiger partial charge in [-0.1, -0.05) is 23.4 Å². The summed E-state index contributed by atoms with van der Waals surface area (Å²) in [5.74, 6) is 1.89. The number of pyridine rings is 1. The number of anilines is 2. The van der Waals surface area contributed by atoms with E-state index in [9.17, 15) is 0 Å². The van der Waals surface area contributed by atoms with Crippen molar-refractivity contribution in [2.45, 2.75) is 60.1 Å². The molecule has 0 unspecified atom stereocenters. The maximum absolute atomic E-state index is 6.74. The smallest absolute Gasteiger partial charge is 0.161 e. The average Bonchev–Trinajstić information content (AvgIpc) is 3.46. The lowest BCUT2D eigenvalue weighted by Crippen LogP contribution is -2.41. The van der Waals surface area contributed by atoms with Crippen LogP contribution in [0.15, 0.2) is 33.4 Å². The van der Waals surface area contributed by atoms with Crippen LogP contribution in [-0.2, 0) is 4.74 Å². The van der Waals surface area contributed by atoms with Crippen molar-refractivity contribution in [2.24, 2.45) is 5.41 Å². The number of hydrogen-bond donors (Lipinski definition) is 0. The van der Waals surface area contributed by atoms with Crippen molar-refractivity contribution >= 4 is 46.8 Å². The molecule has 0 aliphatic carbocycles. The topological polar surface area (TPSA) is 54.4 Å². The van der Waals surface area contributed by atoms with Gasteiger partial charge in [-0.25, -0.2) is 15.0 Å². The predicted octanol–water partition coefficient (Wildman–Crippen LogP) is 5.39. The maximum Gasteiger partial charge on any atom is 0.161 e. The van der Waals surface area contributed by atoms with Crippen molar-refractivity contribution in [3.63, 3.8) is 0 Å². The van der Waals surface area contributed by atoms with E-state index in [1.54, 1.807) is 23.5 Å². The molecule has 3 aliphatic rings. The number of ether oxygens (including phenoxy) is 1. The Labute approximate surface area is 203 Å². The highest BCUT2D eigenvalue weighted by Gasteiger charge is 2.41. The van der Waals surface area contributed by atoms with Crippen molar-refractivity contribution in [2.75, 3.05) is 48.8 Å². The highest BCUT2D eigenvalue weighted by Crippen LogP contribution is 2.44. The molecule has 172 valence electrons. The Bertz CT molecular complexity index is 963. The molecule has 32 heavy (non-hydrogen) atoms. The molecule has 3 aliphatic heterocycles. The molecule has 6 nitrogen and oxygen atoms in total. The zero-order chi connectivity index (χ0) is 22.1. The maximum atomic E-state index is 6.74. The molecule has 0 bridgehead atoms. The third-order valence-corrected chi connectivity index (χ3v) is 8.98. The van der Waals surface area contributed by atoms with Gasteiger partial charge in [-0.15, -0.1) is 11.8 Å².